The van der Waals surface area contributed by atoms with E-state index in [2.05, 4.69) is 34.5 Å². The Morgan fingerprint density at radius 3 is 2.92 bits per heavy atom. The quantitative estimate of drug-likeness (QED) is 0.584. The van der Waals surface area contributed by atoms with Crippen LogP contribution in [0.1, 0.15) is 20.3 Å². The van der Waals surface area contributed by atoms with Gasteiger partial charge in [0.25, 0.3) is 0 Å². The van der Waals surface area contributed by atoms with Gasteiger partial charge in [-0.3, -0.25) is 4.79 Å². The molecular weight excluding hydrogens is 335 g/mol. The van der Waals surface area contributed by atoms with Crippen LogP contribution in [0.4, 0.5) is 10.2 Å². The van der Waals surface area contributed by atoms with Gasteiger partial charge in [-0.05, 0) is 24.5 Å². The van der Waals surface area contributed by atoms with Gasteiger partial charge in [0.15, 0.2) is 17.6 Å². The van der Waals surface area contributed by atoms with E-state index in [1.165, 1.54) is 11.0 Å². The zero-order chi connectivity index (χ0) is 19.1. The van der Waals surface area contributed by atoms with Crippen molar-refractivity contribution in [1.82, 2.24) is 20.5 Å². The fraction of sp³-hybridized carbons (Fsp3) is 0.611. The second-order valence-corrected chi connectivity index (χ2v) is 7.11. The van der Waals surface area contributed by atoms with Gasteiger partial charge in [-0.15, -0.1) is 0 Å². The Morgan fingerprint density at radius 2 is 2.27 bits per heavy atom. The van der Waals surface area contributed by atoms with Gasteiger partial charge in [0.1, 0.15) is 6.54 Å². The van der Waals surface area contributed by atoms with Crippen LogP contribution in [0.5, 0.6) is 0 Å². The minimum atomic E-state index is -0.309. The molecule has 1 atom stereocenters. The predicted molar refractivity (Wildman–Crippen MR) is 102 cm³/mol. The fourth-order valence-corrected chi connectivity index (χ4v) is 2.62. The molecule has 8 heteroatoms. The van der Waals surface area contributed by atoms with E-state index in [1.54, 1.807) is 26.4 Å². The van der Waals surface area contributed by atoms with Gasteiger partial charge >= 0.3 is 0 Å². The highest BCUT2D eigenvalue weighted by Crippen LogP contribution is 2.20. The lowest BCUT2D eigenvalue weighted by molar-refractivity contribution is -0.127. The lowest BCUT2D eigenvalue weighted by Crippen LogP contribution is -2.46. The summed E-state index contributed by atoms with van der Waals surface area (Å²) in [6.45, 7) is 6.42. The molecular formula is C18H29FN6O. The summed E-state index contributed by atoms with van der Waals surface area (Å²) in [5.74, 6) is 1.08. The first-order valence-electron chi connectivity index (χ1n) is 8.97. The Morgan fingerprint density at radius 1 is 1.50 bits per heavy atom. The molecule has 0 spiro atoms. The third-order valence-corrected chi connectivity index (χ3v) is 4.12. The summed E-state index contributed by atoms with van der Waals surface area (Å²) >= 11 is 0. The van der Waals surface area contributed by atoms with Crippen LogP contribution >= 0.6 is 0 Å². The van der Waals surface area contributed by atoms with Gasteiger partial charge in [0.2, 0.25) is 5.91 Å². The van der Waals surface area contributed by atoms with Crippen LogP contribution in [0.25, 0.3) is 0 Å². The summed E-state index contributed by atoms with van der Waals surface area (Å²) in [5, 5.41) is 6.63. The van der Waals surface area contributed by atoms with E-state index in [1.807, 2.05) is 4.90 Å². The van der Waals surface area contributed by atoms with Gasteiger partial charge in [-0.1, -0.05) is 13.8 Å². The molecule has 0 aromatic carbocycles. The molecule has 0 radical (unpaired) electrons. The molecule has 1 amide bonds. The van der Waals surface area contributed by atoms with Crippen molar-refractivity contribution in [3.8, 4) is 0 Å². The van der Waals surface area contributed by atoms with E-state index in [0.717, 1.165) is 19.5 Å². The number of anilines is 1. The molecule has 2 N–H and O–H groups in total. The van der Waals surface area contributed by atoms with E-state index < -0.39 is 0 Å². The summed E-state index contributed by atoms with van der Waals surface area (Å²) in [4.78, 5) is 23.8. The molecule has 26 heavy (non-hydrogen) atoms. The molecule has 144 valence electrons. The van der Waals surface area contributed by atoms with Crippen molar-refractivity contribution in [1.29, 1.82) is 0 Å². The maximum Gasteiger partial charge on any atom is 0.243 e. The van der Waals surface area contributed by atoms with Crippen LogP contribution in [-0.4, -0.2) is 68.1 Å². The molecule has 0 saturated carbocycles. The maximum absolute atomic E-state index is 13.9. The number of hydrogen-bond donors (Lipinski definition) is 2. The highest BCUT2D eigenvalue weighted by atomic mass is 19.1. The molecule has 1 aromatic rings. The van der Waals surface area contributed by atoms with E-state index >= 15 is 0 Å². The molecule has 0 aliphatic carbocycles. The molecule has 2 heterocycles. The third kappa shape index (κ3) is 5.86. The molecule has 1 aromatic heterocycles. The number of nitrogens with zero attached hydrogens (tertiary/aromatic N) is 4. The van der Waals surface area contributed by atoms with Crippen molar-refractivity contribution in [2.75, 3.05) is 45.2 Å². The number of aromatic nitrogens is 1. The summed E-state index contributed by atoms with van der Waals surface area (Å²) in [6, 6.07) is 3.13. The van der Waals surface area contributed by atoms with Crippen molar-refractivity contribution >= 4 is 17.7 Å². The van der Waals surface area contributed by atoms with Crippen LogP contribution in [0, 0.1) is 11.7 Å². The standard InChI is InChI=1S/C18H29FN6O/c1-13(2)10-21-18(22-11-16(26)24(3)4)23-14-7-9-25(12-14)17-15(19)6-5-8-20-17/h5-6,8,13-14H,7,9-12H2,1-4H3,(H2,21,22,23). The van der Waals surface area contributed by atoms with Crippen molar-refractivity contribution in [3.05, 3.63) is 24.1 Å². The number of carbonyl (C=O) groups is 1. The molecule has 1 unspecified atom stereocenters. The smallest absolute Gasteiger partial charge is 0.243 e. The molecule has 1 saturated heterocycles. The lowest BCUT2D eigenvalue weighted by atomic mass is 10.2. The number of amides is 1. The molecule has 7 nitrogen and oxygen atoms in total. The van der Waals surface area contributed by atoms with E-state index in [0.29, 0.717) is 24.2 Å². The first kappa shape index (κ1) is 19.9. The zero-order valence-corrected chi connectivity index (χ0v) is 16.0. The second kappa shape index (κ2) is 9.35. The number of halogens is 1. The van der Waals surface area contributed by atoms with Crippen LogP contribution in [0.15, 0.2) is 23.3 Å². The number of aliphatic imine (C=N–C) groups is 1. The Hall–Kier alpha value is -2.38. The van der Waals surface area contributed by atoms with Crippen molar-refractivity contribution in [2.24, 2.45) is 10.9 Å². The average molecular weight is 364 g/mol. The largest absolute Gasteiger partial charge is 0.356 e. The van der Waals surface area contributed by atoms with Gasteiger partial charge < -0.3 is 20.4 Å². The van der Waals surface area contributed by atoms with Gasteiger partial charge in [0, 0.05) is 46.0 Å². The van der Waals surface area contributed by atoms with Crippen molar-refractivity contribution in [2.45, 2.75) is 26.3 Å². The number of rotatable bonds is 6. The number of carbonyl (C=O) groups excluding carboxylic acids is 1. The van der Waals surface area contributed by atoms with Crippen molar-refractivity contribution < 1.29 is 9.18 Å². The first-order chi connectivity index (χ1) is 12.4. The van der Waals surface area contributed by atoms with Gasteiger partial charge in [-0.2, -0.15) is 0 Å². The molecule has 1 aliphatic heterocycles. The Balaban J connectivity index is 1.98. The van der Waals surface area contributed by atoms with E-state index in [-0.39, 0.29) is 24.3 Å². The molecule has 1 aliphatic rings. The summed E-state index contributed by atoms with van der Waals surface area (Å²) in [7, 11) is 3.42. The Kier molecular flexibility index (Phi) is 7.17. The van der Waals surface area contributed by atoms with Gasteiger partial charge in [0.05, 0.1) is 0 Å². The Labute approximate surface area is 154 Å². The monoisotopic (exact) mass is 364 g/mol. The third-order valence-electron chi connectivity index (χ3n) is 4.12. The maximum atomic E-state index is 13.9. The van der Waals surface area contributed by atoms with Gasteiger partial charge in [-0.25, -0.2) is 14.4 Å². The summed E-state index contributed by atoms with van der Waals surface area (Å²) in [5.41, 5.74) is 0. The minimum absolute atomic E-state index is 0.0562. The normalized spacial score (nSPS) is 17.5. The topological polar surface area (TPSA) is 72.9 Å². The lowest BCUT2D eigenvalue weighted by Gasteiger charge is -2.21. The van der Waals surface area contributed by atoms with Crippen LogP contribution in [-0.2, 0) is 4.79 Å². The first-order valence-corrected chi connectivity index (χ1v) is 8.97. The van der Waals surface area contributed by atoms with Crippen molar-refractivity contribution in [3.63, 3.8) is 0 Å². The highest BCUT2D eigenvalue weighted by Gasteiger charge is 2.26. The molecule has 0 bridgehead atoms. The number of pyridine rings is 1. The van der Waals surface area contributed by atoms with Crippen LogP contribution < -0.4 is 15.5 Å². The zero-order valence-electron chi connectivity index (χ0n) is 16.0. The Bertz CT molecular complexity index is 634. The highest BCUT2D eigenvalue weighted by molar-refractivity contribution is 5.85. The summed E-state index contributed by atoms with van der Waals surface area (Å²) < 4.78 is 13.9. The fourth-order valence-electron chi connectivity index (χ4n) is 2.62. The molecule has 2 rings (SSSR count). The summed E-state index contributed by atoms with van der Waals surface area (Å²) in [6.07, 6.45) is 2.45. The predicted octanol–water partition coefficient (Wildman–Crippen LogP) is 1.08. The second-order valence-electron chi connectivity index (χ2n) is 7.11. The minimum Gasteiger partial charge on any atom is -0.356 e. The van der Waals surface area contributed by atoms with E-state index in [4.69, 9.17) is 0 Å². The number of nitrogens with one attached hydrogen (secondary N) is 2. The number of hydrogen-bond acceptors (Lipinski definition) is 4. The number of guanidine groups is 1. The number of likely N-dealkylation sites (N-methyl/N-ethyl adjacent to an activating group) is 1. The SMILES string of the molecule is CC(C)CNC(=NCC(=O)N(C)C)NC1CCN(c2ncccc2F)C1. The molecule has 1 fully saturated rings. The van der Waals surface area contributed by atoms with E-state index in [9.17, 15) is 9.18 Å². The van der Waals surface area contributed by atoms with Crippen LogP contribution in [0.2, 0.25) is 0 Å². The average Bonchev–Trinajstić information content (AvgIpc) is 3.05. The van der Waals surface area contributed by atoms with Crippen LogP contribution in [0.3, 0.4) is 0 Å².